The van der Waals surface area contributed by atoms with Gasteiger partial charge in [0.2, 0.25) is 5.91 Å². The van der Waals surface area contributed by atoms with Gasteiger partial charge in [-0.3, -0.25) is 9.10 Å². The maximum absolute atomic E-state index is 13.6. The second-order valence-electron chi connectivity index (χ2n) is 8.29. The van der Waals surface area contributed by atoms with Gasteiger partial charge in [0.15, 0.2) is 0 Å². The van der Waals surface area contributed by atoms with Crippen molar-refractivity contribution in [2.45, 2.75) is 36.7 Å². The highest BCUT2D eigenvalue weighted by Gasteiger charge is 2.29. The van der Waals surface area contributed by atoms with Crippen LogP contribution in [-0.4, -0.2) is 20.4 Å². The molecule has 0 aromatic heterocycles. The molecule has 1 N–H and O–H groups in total. The molecule has 5 nitrogen and oxygen atoms in total. The molecule has 2 aliphatic rings. The predicted molar refractivity (Wildman–Crippen MR) is 126 cm³/mol. The van der Waals surface area contributed by atoms with Gasteiger partial charge in [0, 0.05) is 18.0 Å². The van der Waals surface area contributed by atoms with Gasteiger partial charge < -0.3 is 5.32 Å². The third kappa shape index (κ3) is 4.18. The van der Waals surface area contributed by atoms with Crippen LogP contribution in [0.2, 0.25) is 0 Å². The van der Waals surface area contributed by atoms with E-state index in [4.69, 9.17) is 0 Å². The summed E-state index contributed by atoms with van der Waals surface area (Å²) in [5, 5.41) is 3.03. The molecule has 0 saturated heterocycles. The van der Waals surface area contributed by atoms with Crippen molar-refractivity contribution < 1.29 is 13.2 Å². The molecule has 5 rings (SSSR count). The van der Waals surface area contributed by atoms with Gasteiger partial charge in [0.1, 0.15) is 0 Å². The number of anilines is 1. The highest BCUT2D eigenvalue weighted by molar-refractivity contribution is 7.92. The zero-order valence-corrected chi connectivity index (χ0v) is 18.4. The molecule has 0 atom stereocenters. The highest BCUT2D eigenvalue weighted by atomic mass is 32.2. The first-order chi connectivity index (χ1) is 15.5. The first kappa shape index (κ1) is 20.5. The predicted octanol–water partition coefficient (Wildman–Crippen LogP) is 4.30. The van der Waals surface area contributed by atoms with Crippen LogP contribution in [-0.2, 0) is 27.8 Å². The summed E-state index contributed by atoms with van der Waals surface area (Å²) in [6, 6.07) is 24.0. The first-order valence-corrected chi connectivity index (χ1v) is 12.2. The van der Waals surface area contributed by atoms with Gasteiger partial charge in [-0.1, -0.05) is 54.6 Å². The lowest BCUT2D eigenvalue weighted by Gasteiger charge is -2.25. The van der Waals surface area contributed by atoms with E-state index in [1.54, 1.807) is 30.3 Å². The van der Waals surface area contributed by atoms with Crippen molar-refractivity contribution in [1.29, 1.82) is 0 Å². The average molecular weight is 445 g/mol. The third-order valence-electron chi connectivity index (χ3n) is 5.83. The van der Waals surface area contributed by atoms with Crippen LogP contribution in [0.3, 0.4) is 0 Å². The summed E-state index contributed by atoms with van der Waals surface area (Å²) in [5.74, 6) is -0.0247. The van der Waals surface area contributed by atoms with Crippen LogP contribution in [0.1, 0.15) is 29.5 Å². The number of hydrogen-bond donors (Lipinski definition) is 1. The molecule has 0 spiro atoms. The molecular weight excluding hydrogens is 420 g/mol. The van der Waals surface area contributed by atoms with Crippen LogP contribution in [0.15, 0.2) is 89.3 Å². The van der Waals surface area contributed by atoms with E-state index in [1.165, 1.54) is 4.31 Å². The first-order valence-electron chi connectivity index (χ1n) is 10.8. The molecule has 32 heavy (non-hydrogen) atoms. The molecule has 1 fully saturated rings. The van der Waals surface area contributed by atoms with E-state index in [-0.39, 0.29) is 17.3 Å². The molecule has 6 heteroatoms. The topological polar surface area (TPSA) is 66.5 Å². The van der Waals surface area contributed by atoms with Gasteiger partial charge in [-0.2, -0.15) is 0 Å². The summed E-state index contributed by atoms with van der Waals surface area (Å²) in [4.78, 5) is 12.7. The second-order valence-corrected chi connectivity index (χ2v) is 10.1. The van der Waals surface area contributed by atoms with E-state index < -0.39 is 10.0 Å². The van der Waals surface area contributed by atoms with E-state index >= 15 is 0 Å². The molecule has 162 valence electrons. The third-order valence-corrected chi connectivity index (χ3v) is 7.62. The number of rotatable bonds is 7. The summed E-state index contributed by atoms with van der Waals surface area (Å²) in [6.45, 7) is 0.218. The van der Waals surface area contributed by atoms with Crippen molar-refractivity contribution >= 4 is 27.7 Å². The van der Waals surface area contributed by atoms with Crippen LogP contribution < -0.4 is 9.62 Å². The van der Waals surface area contributed by atoms with Crippen molar-refractivity contribution in [3.05, 3.63) is 101 Å². The van der Waals surface area contributed by atoms with Gasteiger partial charge in [-0.15, -0.1) is 0 Å². The van der Waals surface area contributed by atoms with Crippen molar-refractivity contribution in [3.63, 3.8) is 0 Å². The quantitative estimate of drug-likeness (QED) is 0.591. The van der Waals surface area contributed by atoms with Gasteiger partial charge in [0.25, 0.3) is 10.0 Å². The Bertz CT molecular complexity index is 1280. The maximum atomic E-state index is 13.6. The van der Waals surface area contributed by atoms with Crippen molar-refractivity contribution in [1.82, 2.24) is 5.32 Å². The molecular formula is C26H24N2O3S. The Balaban J connectivity index is 1.51. The number of benzene rings is 3. The van der Waals surface area contributed by atoms with E-state index in [0.29, 0.717) is 18.2 Å². The Labute approximate surface area is 188 Å². The Morgan fingerprint density at radius 2 is 1.62 bits per heavy atom. The zero-order chi connectivity index (χ0) is 22.1. The summed E-state index contributed by atoms with van der Waals surface area (Å²) in [5.41, 5.74) is 4.13. The number of amides is 1. The van der Waals surface area contributed by atoms with Crippen LogP contribution in [0, 0.1) is 0 Å². The Morgan fingerprint density at radius 1 is 0.938 bits per heavy atom. The maximum Gasteiger partial charge on any atom is 0.264 e. The van der Waals surface area contributed by atoms with Gasteiger partial charge in [-0.05, 0) is 59.9 Å². The van der Waals surface area contributed by atoms with E-state index in [9.17, 15) is 13.2 Å². The normalized spacial score (nSPS) is 15.1. The zero-order valence-electron chi connectivity index (χ0n) is 17.6. The smallest absolute Gasteiger partial charge is 0.264 e. The standard InChI is InChI=1S/C26H24N2O3S/c29-26(27-23-12-13-23)22-15-20-11-14-24(17-21(20)16-22)28(18-19-7-3-1-4-8-19)32(30,31)25-9-5-2-6-10-25/h1-11,14,16-17,23H,12-13,15,18H2,(H,27,29). The SMILES string of the molecule is O=C(NC1CC1)C1=Cc2cc(N(Cc3ccccc3)S(=O)(=O)c3ccccc3)ccc2C1. The molecule has 3 aromatic rings. The van der Waals surface area contributed by atoms with Gasteiger partial charge >= 0.3 is 0 Å². The molecule has 2 aliphatic carbocycles. The molecule has 1 saturated carbocycles. The molecule has 0 unspecified atom stereocenters. The second kappa shape index (κ2) is 8.28. The van der Waals surface area contributed by atoms with Crippen LogP contribution in [0.25, 0.3) is 6.08 Å². The lowest BCUT2D eigenvalue weighted by Crippen LogP contribution is -2.30. The number of carbonyl (C=O) groups excluding carboxylic acids is 1. The number of sulfonamides is 1. The fraction of sp³-hybridized carbons (Fsp3) is 0.192. The summed E-state index contributed by atoms with van der Waals surface area (Å²) in [7, 11) is -3.77. The highest BCUT2D eigenvalue weighted by Crippen LogP contribution is 2.33. The van der Waals surface area contributed by atoms with Crippen LogP contribution >= 0.6 is 0 Å². The van der Waals surface area contributed by atoms with E-state index in [1.807, 2.05) is 54.6 Å². The van der Waals surface area contributed by atoms with Crippen molar-refractivity contribution in [2.24, 2.45) is 0 Å². The van der Waals surface area contributed by atoms with Crippen LogP contribution in [0.5, 0.6) is 0 Å². The molecule has 0 bridgehead atoms. The number of hydrogen-bond acceptors (Lipinski definition) is 3. The van der Waals surface area contributed by atoms with E-state index in [2.05, 4.69) is 5.32 Å². The molecule has 0 radical (unpaired) electrons. The Kier molecular flexibility index (Phi) is 5.31. The monoisotopic (exact) mass is 444 g/mol. The number of nitrogens with one attached hydrogen (secondary N) is 1. The van der Waals surface area contributed by atoms with Crippen molar-refractivity contribution in [3.8, 4) is 0 Å². The molecule has 0 heterocycles. The minimum atomic E-state index is -3.77. The molecule has 3 aromatic carbocycles. The Morgan fingerprint density at radius 3 is 2.31 bits per heavy atom. The fourth-order valence-corrected chi connectivity index (χ4v) is 5.38. The number of nitrogens with zero attached hydrogens (tertiary/aromatic N) is 1. The van der Waals surface area contributed by atoms with Crippen molar-refractivity contribution in [2.75, 3.05) is 4.31 Å². The molecule has 0 aliphatic heterocycles. The lowest BCUT2D eigenvalue weighted by atomic mass is 10.1. The minimum absolute atomic E-state index is 0.0247. The lowest BCUT2D eigenvalue weighted by molar-refractivity contribution is -0.117. The summed E-state index contributed by atoms with van der Waals surface area (Å²) in [6.07, 6.45) is 4.54. The van der Waals surface area contributed by atoms with E-state index in [0.717, 1.165) is 35.1 Å². The minimum Gasteiger partial charge on any atom is -0.350 e. The van der Waals surface area contributed by atoms with Gasteiger partial charge in [0.05, 0.1) is 17.1 Å². The largest absolute Gasteiger partial charge is 0.350 e. The average Bonchev–Trinajstić information content (AvgIpc) is 3.52. The Hall–Kier alpha value is -3.38. The molecule has 1 amide bonds. The number of carbonyl (C=O) groups is 1. The fourth-order valence-electron chi connectivity index (χ4n) is 3.91. The summed E-state index contributed by atoms with van der Waals surface area (Å²) >= 11 is 0. The van der Waals surface area contributed by atoms with Crippen LogP contribution in [0.4, 0.5) is 5.69 Å². The van der Waals surface area contributed by atoms with Gasteiger partial charge in [-0.25, -0.2) is 8.42 Å². The summed E-state index contributed by atoms with van der Waals surface area (Å²) < 4.78 is 28.6. The number of fused-ring (bicyclic) bond motifs is 1.